The molecule has 0 spiro atoms. The highest BCUT2D eigenvalue weighted by molar-refractivity contribution is 7.94. The number of hydrogen-bond donors (Lipinski definition) is 1. The number of hydrogen-bond acceptors (Lipinski definition) is 2. The molecule has 2 nitrogen and oxygen atoms in total. The molecule has 78 valence electrons. The summed E-state index contributed by atoms with van der Waals surface area (Å²) in [5.74, 6) is 0.363. The second-order valence-electron chi connectivity index (χ2n) is 2.80. The summed E-state index contributed by atoms with van der Waals surface area (Å²) in [5, 5.41) is 7.65. The monoisotopic (exact) mass is 208 g/mol. The van der Waals surface area contributed by atoms with Gasteiger partial charge in [0.05, 0.1) is 6.61 Å². The Morgan fingerprint density at radius 1 is 1.46 bits per heavy atom. The average molecular weight is 208 g/mol. The third-order valence-corrected chi connectivity index (χ3v) is 2.91. The Balaban J connectivity index is 3.49. The van der Waals surface area contributed by atoms with E-state index < -0.39 is 16.3 Å². The number of unbranched alkanes of at least 4 members (excludes halogenated alkanes) is 3. The van der Waals surface area contributed by atoms with Gasteiger partial charge in [-0.3, -0.25) is 0 Å². The third-order valence-electron chi connectivity index (χ3n) is 1.65. The molecule has 0 saturated heterocycles. The molecule has 0 fully saturated rings. The Kier molecular flexibility index (Phi) is 8.49. The van der Waals surface area contributed by atoms with Crippen LogP contribution in [0.25, 0.3) is 0 Å². The zero-order chi connectivity index (χ0) is 10.1. The van der Waals surface area contributed by atoms with E-state index in [1.807, 2.05) is 0 Å². The van der Waals surface area contributed by atoms with Crippen LogP contribution in [0.5, 0.6) is 0 Å². The number of halogens is 1. The predicted molar refractivity (Wildman–Crippen MR) is 53.4 cm³/mol. The molecule has 0 aliphatic rings. The van der Waals surface area contributed by atoms with E-state index in [0.717, 1.165) is 31.8 Å². The third kappa shape index (κ3) is 7.05. The molecule has 0 amide bonds. The van der Waals surface area contributed by atoms with Crippen LogP contribution < -0.4 is 0 Å². The van der Waals surface area contributed by atoms with E-state index in [4.69, 9.17) is 5.11 Å². The smallest absolute Gasteiger partial charge is 0.298 e. The summed E-state index contributed by atoms with van der Waals surface area (Å²) < 4.78 is 23.8. The van der Waals surface area contributed by atoms with Crippen molar-refractivity contribution in [1.29, 1.82) is 0 Å². The van der Waals surface area contributed by atoms with Crippen LogP contribution in [0.2, 0.25) is 0 Å². The van der Waals surface area contributed by atoms with Gasteiger partial charge in [0.15, 0.2) is 0 Å². The maximum Gasteiger partial charge on any atom is 0.298 e. The molecular weight excluding hydrogens is 191 g/mol. The first kappa shape index (κ1) is 12.9. The molecule has 1 atom stereocenters. The predicted octanol–water partition coefficient (Wildman–Crippen LogP) is 2.12. The Labute approximate surface area is 82.0 Å². The minimum atomic E-state index is -1.53. The first-order valence-corrected chi connectivity index (χ1v) is 5.89. The fourth-order valence-corrected chi connectivity index (χ4v) is 1.84. The quantitative estimate of drug-likeness (QED) is 0.514. The minimum absolute atomic E-state index is 0.363. The maximum atomic E-state index is 12.7. The molecule has 0 heterocycles. The van der Waals surface area contributed by atoms with Gasteiger partial charge in [-0.1, -0.05) is 19.8 Å². The molecule has 0 aromatic carbocycles. The van der Waals surface area contributed by atoms with Gasteiger partial charge in [0.2, 0.25) is 0 Å². The number of rotatable bonds is 7. The van der Waals surface area contributed by atoms with Crippen LogP contribution in [0.3, 0.4) is 0 Å². The van der Waals surface area contributed by atoms with Gasteiger partial charge >= 0.3 is 0 Å². The van der Waals surface area contributed by atoms with E-state index in [9.17, 15) is 8.94 Å². The van der Waals surface area contributed by atoms with Gasteiger partial charge < -0.3 is 9.66 Å². The lowest BCUT2D eigenvalue weighted by atomic mass is 10.2. The average Bonchev–Trinajstić information content (AvgIpc) is 2.12. The lowest BCUT2D eigenvalue weighted by Crippen LogP contribution is -2.07. The topological polar surface area (TPSA) is 43.3 Å². The molecule has 0 aliphatic carbocycles. The highest BCUT2D eigenvalue weighted by Crippen LogP contribution is 2.11. The molecule has 0 aliphatic heterocycles. The van der Waals surface area contributed by atoms with Gasteiger partial charge in [0.1, 0.15) is 5.75 Å². The molecule has 1 N–H and O–H groups in total. The van der Waals surface area contributed by atoms with Gasteiger partial charge in [-0.15, -0.1) is 0 Å². The van der Waals surface area contributed by atoms with Gasteiger partial charge in [-0.2, -0.15) is 4.39 Å². The van der Waals surface area contributed by atoms with E-state index in [0.29, 0.717) is 5.75 Å². The van der Waals surface area contributed by atoms with Crippen molar-refractivity contribution in [2.24, 2.45) is 0 Å². The Morgan fingerprint density at radius 2 is 2.15 bits per heavy atom. The second kappa shape index (κ2) is 8.53. The van der Waals surface area contributed by atoms with Gasteiger partial charge in [0.25, 0.3) is 5.16 Å². The van der Waals surface area contributed by atoms with Crippen LogP contribution in [0.1, 0.15) is 32.6 Å². The Hall–Kier alpha value is -0.0600. The summed E-state index contributed by atoms with van der Waals surface area (Å²) >= 11 is -1.53. The summed E-state index contributed by atoms with van der Waals surface area (Å²) in [6.45, 7) is 1.70. The van der Waals surface area contributed by atoms with E-state index >= 15 is 0 Å². The molecule has 4 heteroatoms. The molecule has 0 rings (SSSR count). The van der Waals surface area contributed by atoms with E-state index in [2.05, 4.69) is 6.92 Å². The molecule has 0 bridgehead atoms. The van der Waals surface area contributed by atoms with Crippen LogP contribution in [-0.2, 0) is 11.2 Å². The van der Waals surface area contributed by atoms with Crippen LogP contribution in [0, 0.1) is 0 Å². The normalized spacial score (nSPS) is 14.6. The van der Waals surface area contributed by atoms with Crippen LogP contribution in [-0.4, -0.2) is 22.0 Å². The Bertz CT molecular complexity index is 151. The van der Waals surface area contributed by atoms with Gasteiger partial charge in [-0.05, 0) is 12.8 Å². The number of aliphatic hydroxyl groups excluding tert-OH is 1. The standard InChI is InChI=1S/C9H17FO2S/c1-2-3-4-5-8-13(12)9(10)6-7-11/h6,11H,2-5,7-8H2,1H3. The fraction of sp³-hybridized carbons (Fsp3) is 0.778. The fourth-order valence-electron chi connectivity index (χ4n) is 0.922. The highest BCUT2D eigenvalue weighted by Gasteiger charge is 2.12. The van der Waals surface area contributed by atoms with E-state index in [1.54, 1.807) is 0 Å². The summed E-state index contributed by atoms with van der Waals surface area (Å²) in [6.07, 6.45) is 4.95. The molecule has 0 radical (unpaired) electrons. The van der Waals surface area contributed by atoms with Crippen molar-refractivity contribution in [2.75, 3.05) is 12.4 Å². The molecule has 0 saturated carbocycles. The Morgan fingerprint density at radius 3 is 2.69 bits per heavy atom. The van der Waals surface area contributed by atoms with Crippen molar-refractivity contribution in [3.63, 3.8) is 0 Å². The summed E-state index contributed by atoms with van der Waals surface area (Å²) in [7, 11) is 0. The van der Waals surface area contributed by atoms with Crippen molar-refractivity contribution >= 4 is 11.2 Å². The SMILES string of the molecule is CCCCCC[S+]([O-])C(F)=CCO. The number of aliphatic hydroxyl groups is 1. The summed E-state index contributed by atoms with van der Waals surface area (Å²) in [6, 6.07) is 0. The van der Waals surface area contributed by atoms with Crippen LogP contribution in [0.4, 0.5) is 4.39 Å². The van der Waals surface area contributed by atoms with Crippen molar-refractivity contribution < 1.29 is 14.0 Å². The zero-order valence-corrected chi connectivity index (χ0v) is 8.78. The lowest BCUT2D eigenvalue weighted by molar-refractivity contribution is 0.340. The molecular formula is C9H17FO2S. The van der Waals surface area contributed by atoms with Crippen molar-refractivity contribution in [3.8, 4) is 0 Å². The summed E-state index contributed by atoms with van der Waals surface area (Å²) in [5.41, 5.74) is 0. The molecule has 0 aromatic heterocycles. The maximum absolute atomic E-state index is 12.7. The van der Waals surface area contributed by atoms with E-state index in [-0.39, 0.29) is 6.61 Å². The first-order chi connectivity index (χ1) is 6.22. The molecule has 13 heavy (non-hydrogen) atoms. The summed E-state index contributed by atoms with van der Waals surface area (Å²) in [4.78, 5) is 0. The first-order valence-electron chi connectivity index (χ1n) is 4.57. The molecule has 1 unspecified atom stereocenters. The van der Waals surface area contributed by atoms with Crippen LogP contribution >= 0.6 is 0 Å². The van der Waals surface area contributed by atoms with E-state index in [1.165, 1.54) is 0 Å². The van der Waals surface area contributed by atoms with Crippen molar-refractivity contribution in [2.45, 2.75) is 32.6 Å². The van der Waals surface area contributed by atoms with Crippen molar-refractivity contribution in [3.05, 3.63) is 11.2 Å². The highest BCUT2D eigenvalue weighted by atomic mass is 32.2. The van der Waals surface area contributed by atoms with Gasteiger partial charge in [-0.25, -0.2) is 0 Å². The van der Waals surface area contributed by atoms with Gasteiger partial charge in [0, 0.05) is 17.3 Å². The largest absolute Gasteiger partial charge is 0.610 e. The minimum Gasteiger partial charge on any atom is -0.610 e. The van der Waals surface area contributed by atoms with Crippen LogP contribution in [0.15, 0.2) is 11.2 Å². The molecule has 0 aromatic rings. The lowest BCUT2D eigenvalue weighted by Gasteiger charge is -2.06. The van der Waals surface area contributed by atoms with Crippen molar-refractivity contribution in [1.82, 2.24) is 0 Å². The second-order valence-corrected chi connectivity index (χ2v) is 4.29. The zero-order valence-electron chi connectivity index (χ0n) is 7.96.